The maximum absolute atomic E-state index is 13.0. The molecule has 16 heavy (non-hydrogen) atoms. The zero-order valence-electron chi connectivity index (χ0n) is 7.65. The van der Waals surface area contributed by atoms with Gasteiger partial charge in [0.05, 0.1) is 5.02 Å². The van der Waals surface area contributed by atoms with E-state index in [1.807, 2.05) is 0 Å². The lowest BCUT2D eigenvalue weighted by molar-refractivity contribution is -0.203. The van der Waals surface area contributed by atoms with Gasteiger partial charge in [-0.15, -0.1) is 0 Å². The van der Waals surface area contributed by atoms with E-state index < -0.39 is 40.9 Å². The number of benzene rings is 1. The van der Waals surface area contributed by atoms with Crippen molar-refractivity contribution in [1.29, 1.82) is 0 Å². The Hall–Kier alpha value is -0.880. The molecular weight excluding hydrogens is 255 g/mol. The highest BCUT2D eigenvalue weighted by atomic mass is 35.5. The van der Waals surface area contributed by atoms with E-state index in [1.165, 1.54) is 0 Å². The van der Waals surface area contributed by atoms with Crippen LogP contribution in [-0.4, -0.2) is 17.4 Å². The highest BCUT2D eigenvalue weighted by Gasteiger charge is 2.39. The lowest BCUT2D eigenvalue weighted by Crippen LogP contribution is -2.31. The van der Waals surface area contributed by atoms with Gasteiger partial charge in [-0.25, -0.2) is 8.78 Å². The first-order valence-corrected chi connectivity index (χ1v) is 4.48. The SMILES string of the molecule is OC(Cc1c(F)ccc(F)c1Cl)C(F)(F)F. The normalized spacial score (nSPS) is 13.9. The fourth-order valence-corrected chi connectivity index (χ4v) is 1.30. The minimum atomic E-state index is -4.90. The quantitative estimate of drug-likeness (QED) is 0.640. The molecule has 0 fully saturated rings. The molecule has 0 amide bonds. The van der Waals surface area contributed by atoms with E-state index in [0.29, 0.717) is 12.1 Å². The van der Waals surface area contributed by atoms with Gasteiger partial charge in [0.25, 0.3) is 0 Å². The highest BCUT2D eigenvalue weighted by Crippen LogP contribution is 2.28. The molecule has 1 atom stereocenters. The van der Waals surface area contributed by atoms with Gasteiger partial charge >= 0.3 is 6.18 Å². The molecule has 0 aliphatic carbocycles. The van der Waals surface area contributed by atoms with Gasteiger partial charge in [-0.1, -0.05) is 11.6 Å². The van der Waals surface area contributed by atoms with Gasteiger partial charge in [0, 0.05) is 12.0 Å². The monoisotopic (exact) mass is 260 g/mol. The molecular formula is C9H6ClF5O. The van der Waals surface area contributed by atoms with Crippen molar-refractivity contribution in [2.75, 3.05) is 0 Å². The minimum Gasteiger partial charge on any atom is -0.383 e. The van der Waals surface area contributed by atoms with Crippen LogP contribution in [0.25, 0.3) is 0 Å². The summed E-state index contributed by atoms with van der Waals surface area (Å²) in [4.78, 5) is 0. The van der Waals surface area contributed by atoms with Crippen LogP contribution in [-0.2, 0) is 6.42 Å². The molecule has 0 heterocycles. The third-order valence-corrected chi connectivity index (χ3v) is 2.32. The molecule has 0 spiro atoms. The van der Waals surface area contributed by atoms with Crippen LogP contribution in [0.1, 0.15) is 5.56 Å². The third-order valence-electron chi connectivity index (χ3n) is 1.91. The van der Waals surface area contributed by atoms with Crippen LogP contribution in [0.3, 0.4) is 0 Å². The zero-order valence-corrected chi connectivity index (χ0v) is 8.41. The Bertz CT molecular complexity index is 390. The van der Waals surface area contributed by atoms with E-state index in [2.05, 4.69) is 0 Å². The molecule has 1 aromatic rings. The van der Waals surface area contributed by atoms with Crippen LogP contribution in [0.2, 0.25) is 5.02 Å². The molecule has 1 rings (SSSR count). The number of hydrogen-bond donors (Lipinski definition) is 1. The second-order valence-corrected chi connectivity index (χ2v) is 3.46. The second-order valence-electron chi connectivity index (χ2n) is 3.08. The molecule has 1 aromatic carbocycles. The summed E-state index contributed by atoms with van der Waals surface area (Å²) < 4.78 is 61.9. The Labute approximate surface area is 92.5 Å². The predicted octanol–water partition coefficient (Wildman–Crippen LogP) is 3.08. The average Bonchev–Trinajstić information content (AvgIpc) is 2.17. The molecule has 7 heteroatoms. The van der Waals surface area contributed by atoms with E-state index in [-0.39, 0.29) is 0 Å². The first-order chi connectivity index (χ1) is 7.23. The Morgan fingerprint density at radius 3 is 2.19 bits per heavy atom. The lowest BCUT2D eigenvalue weighted by atomic mass is 10.1. The average molecular weight is 261 g/mol. The summed E-state index contributed by atoms with van der Waals surface area (Å²) in [5, 5.41) is 7.96. The van der Waals surface area contributed by atoms with Gasteiger partial charge in [-0.05, 0) is 12.1 Å². The van der Waals surface area contributed by atoms with Crippen molar-refractivity contribution in [3.63, 3.8) is 0 Å². The van der Waals surface area contributed by atoms with Crippen molar-refractivity contribution in [1.82, 2.24) is 0 Å². The largest absolute Gasteiger partial charge is 0.414 e. The number of hydrogen-bond acceptors (Lipinski definition) is 1. The fourth-order valence-electron chi connectivity index (χ4n) is 1.07. The zero-order chi connectivity index (χ0) is 12.5. The van der Waals surface area contributed by atoms with E-state index in [9.17, 15) is 22.0 Å². The smallest absolute Gasteiger partial charge is 0.383 e. The second kappa shape index (κ2) is 4.55. The Balaban J connectivity index is 3.02. The molecule has 0 aliphatic rings. The van der Waals surface area contributed by atoms with E-state index >= 15 is 0 Å². The highest BCUT2D eigenvalue weighted by molar-refractivity contribution is 6.31. The summed E-state index contributed by atoms with van der Waals surface area (Å²) >= 11 is 5.30. The molecule has 1 nitrogen and oxygen atoms in total. The number of alkyl halides is 3. The fraction of sp³-hybridized carbons (Fsp3) is 0.333. The maximum atomic E-state index is 13.0. The van der Waals surface area contributed by atoms with Gasteiger partial charge < -0.3 is 5.11 Å². The van der Waals surface area contributed by atoms with Crippen LogP contribution < -0.4 is 0 Å². The Morgan fingerprint density at radius 2 is 1.69 bits per heavy atom. The molecule has 1 unspecified atom stereocenters. The van der Waals surface area contributed by atoms with Crippen molar-refractivity contribution in [2.45, 2.75) is 18.7 Å². The first kappa shape index (κ1) is 13.2. The van der Waals surface area contributed by atoms with Gasteiger partial charge in [0.15, 0.2) is 6.10 Å². The van der Waals surface area contributed by atoms with Gasteiger partial charge in [-0.2, -0.15) is 13.2 Å². The predicted molar refractivity (Wildman–Crippen MR) is 47.1 cm³/mol. The van der Waals surface area contributed by atoms with Crippen LogP contribution >= 0.6 is 11.6 Å². The Morgan fingerprint density at radius 1 is 1.19 bits per heavy atom. The molecule has 90 valence electrons. The summed E-state index contributed by atoms with van der Waals surface area (Å²) in [7, 11) is 0. The van der Waals surface area contributed by atoms with Crippen molar-refractivity contribution >= 4 is 11.6 Å². The van der Waals surface area contributed by atoms with Crippen molar-refractivity contribution in [2.24, 2.45) is 0 Å². The van der Waals surface area contributed by atoms with E-state index in [4.69, 9.17) is 16.7 Å². The van der Waals surface area contributed by atoms with Crippen LogP contribution in [0.15, 0.2) is 12.1 Å². The van der Waals surface area contributed by atoms with Gasteiger partial charge in [0.2, 0.25) is 0 Å². The van der Waals surface area contributed by atoms with E-state index in [1.54, 1.807) is 0 Å². The summed E-state index contributed by atoms with van der Waals surface area (Å²) in [6, 6.07) is 1.35. The van der Waals surface area contributed by atoms with E-state index in [0.717, 1.165) is 0 Å². The van der Waals surface area contributed by atoms with Crippen LogP contribution in [0, 0.1) is 11.6 Å². The molecule has 0 radical (unpaired) electrons. The summed E-state index contributed by atoms with van der Waals surface area (Å²) in [5.74, 6) is -2.12. The first-order valence-electron chi connectivity index (χ1n) is 4.10. The van der Waals surface area contributed by atoms with Gasteiger partial charge in [0.1, 0.15) is 11.6 Å². The number of aliphatic hydroxyl groups excluding tert-OH is 1. The summed E-state index contributed by atoms with van der Waals surface area (Å²) in [6.45, 7) is 0. The standard InChI is InChI=1S/C9H6ClF5O/c10-8-4(3-7(16)9(13,14)15)5(11)1-2-6(8)12/h1-2,7,16H,3H2. The number of rotatable bonds is 2. The third kappa shape index (κ3) is 2.82. The minimum absolute atomic E-state index is 0.652. The molecule has 1 N–H and O–H groups in total. The molecule has 0 aliphatic heterocycles. The molecule has 0 saturated heterocycles. The van der Waals surface area contributed by atoms with Crippen molar-refractivity contribution in [3.05, 3.63) is 34.4 Å². The Kier molecular flexibility index (Phi) is 3.75. The maximum Gasteiger partial charge on any atom is 0.414 e. The van der Waals surface area contributed by atoms with Crippen molar-refractivity contribution in [3.8, 4) is 0 Å². The number of halogens is 6. The topological polar surface area (TPSA) is 20.2 Å². The molecule has 0 aromatic heterocycles. The van der Waals surface area contributed by atoms with Crippen molar-refractivity contribution < 1.29 is 27.1 Å². The van der Waals surface area contributed by atoms with Crippen LogP contribution in [0.5, 0.6) is 0 Å². The van der Waals surface area contributed by atoms with Gasteiger partial charge in [-0.3, -0.25) is 0 Å². The summed E-state index contributed by atoms with van der Waals surface area (Å²) in [5.41, 5.74) is -0.688. The summed E-state index contributed by atoms with van der Waals surface area (Å²) in [6.07, 6.45) is -8.80. The molecule has 0 bridgehead atoms. The molecule has 0 saturated carbocycles. The number of aliphatic hydroxyl groups is 1. The van der Waals surface area contributed by atoms with Crippen LogP contribution in [0.4, 0.5) is 22.0 Å². The lowest BCUT2D eigenvalue weighted by Gasteiger charge is -2.15.